The minimum atomic E-state index is 0.104. The van der Waals surface area contributed by atoms with E-state index in [4.69, 9.17) is 5.73 Å². The van der Waals surface area contributed by atoms with Gasteiger partial charge >= 0.3 is 0 Å². The van der Waals surface area contributed by atoms with Crippen molar-refractivity contribution in [1.29, 1.82) is 0 Å². The van der Waals surface area contributed by atoms with Crippen molar-refractivity contribution in [2.24, 2.45) is 5.73 Å². The van der Waals surface area contributed by atoms with Gasteiger partial charge in [0.15, 0.2) is 0 Å². The molecule has 3 nitrogen and oxygen atoms in total. The first-order chi connectivity index (χ1) is 5.70. The number of hydrogen-bond donors (Lipinski definition) is 2. The maximum absolute atomic E-state index is 10.8. The van der Waals surface area contributed by atoms with Gasteiger partial charge in [-0.05, 0) is 6.42 Å². The van der Waals surface area contributed by atoms with Crippen molar-refractivity contribution in [3.8, 4) is 0 Å². The molecule has 0 saturated carbocycles. The molecule has 0 aromatic carbocycles. The quantitative estimate of drug-likeness (QED) is 0.603. The lowest BCUT2D eigenvalue weighted by Crippen LogP contribution is -2.22. The van der Waals surface area contributed by atoms with Crippen molar-refractivity contribution in [2.45, 2.75) is 25.8 Å². The fourth-order valence-electron chi connectivity index (χ4n) is 0.642. The molecule has 0 saturated heterocycles. The summed E-state index contributed by atoms with van der Waals surface area (Å²) in [7, 11) is 1.66. The van der Waals surface area contributed by atoms with Crippen LogP contribution in [-0.4, -0.2) is 30.5 Å². The van der Waals surface area contributed by atoms with Crippen LogP contribution < -0.4 is 11.1 Å². The molecule has 0 aliphatic heterocycles. The fourth-order valence-corrected chi connectivity index (χ4v) is 1.68. The normalized spacial score (nSPS) is 12.6. The molecular weight excluding hydrogens is 172 g/mol. The molecule has 1 amide bonds. The Bertz CT molecular complexity index is 130. The minimum absolute atomic E-state index is 0.104. The number of carbonyl (C=O) groups is 1. The SMILES string of the molecule is CCC(N)CSCCC(=O)NC. The van der Waals surface area contributed by atoms with Gasteiger partial charge in [0.05, 0.1) is 0 Å². The fraction of sp³-hybridized carbons (Fsp3) is 0.875. The summed E-state index contributed by atoms with van der Waals surface area (Å²) in [6.07, 6.45) is 1.60. The van der Waals surface area contributed by atoms with Gasteiger partial charge < -0.3 is 11.1 Å². The highest BCUT2D eigenvalue weighted by atomic mass is 32.2. The van der Waals surface area contributed by atoms with Crippen LogP contribution in [0.3, 0.4) is 0 Å². The Morgan fingerprint density at radius 3 is 2.83 bits per heavy atom. The maximum atomic E-state index is 10.8. The standard InChI is InChI=1S/C8H18N2OS/c1-3-7(9)6-12-5-4-8(11)10-2/h7H,3-6,9H2,1-2H3,(H,10,11). The number of hydrogen-bond acceptors (Lipinski definition) is 3. The van der Waals surface area contributed by atoms with E-state index in [1.807, 2.05) is 0 Å². The molecule has 0 aromatic heterocycles. The highest BCUT2D eigenvalue weighted by Crippen LogP contribution is 2.05. The molecule has 3 N–H and O–H groups in total. The smallest absolute Gasteiger partial charge is 0.220 e. The molecule has 0 spiro atoms. The lowest BCUT2D eigenvalue weighted by atomic mass is 10.3. The van der Waals surface area contributed by atoms with Gasteiger partial charge in [0.1, 0.15) is 0 Å². The Hall–Kier alpha value is -0.220. The summed E-state index contributed by atoms with van der Waals surface area (Å²) in [5, 5.41) is 2.58. The molecule has 0 aliphatic rings. The van der Waals surface area contributed by atoms with Gasteiger partial charge in [0.2, 0.25) is 5.91 Å². The van der Waals surface area contributed by atoms with Crippen molar-refractivity contribution >= 4 is 17.7 Å². The first-order valence-corrected chi connectivity index (χ1v) is 5.40. The van der Waals surface area contributed by atoms with E-state index in [9.17, 15) is 4.79 Å². The third kappa shape index (κ3) is 6.49. The molecule has 0 aliphatic carbocycles. The van der Waals surface area contributed by atoms with Crippen LogP contribution in [0.5, 0.6) is 0 Å². The zero-order chi connectivity index (χ0) is 9.40. The van der Waals surface area contributed by atoms with E-state index >= 15 is 0 Å². The van der Waals surface area contributed by atoms with Gasteiger partial charge in [-0.1, -0.05) is 6.92 Å². The number of nitrogens with two attached hydrogens (primary N) is 1. The van der Waals surface area contributed by atoms with Crippen molar-refractivity contribution in [2.75, 3.05) is 18.6 Å². The molecule has 1 unspecified atom stereocenters. The molecule has 4 heteroatoms. The van der Waals surface area contributed by atoms with Gasteiger partial charge in [-0.15, -0.1) is 0 Å². The third-order valence-corrected chi connectivity index (χ3v) is 2.77. The summed E-state index contributed by atoms with van der Waals surface area (Å²) in [6.45, 7) is 2.07. The maximum Gasteiger partial charge on any atom is 0.220 e. The van der Waals surface area contributed by atoms with E-state index in [-0.39, 0.29) is 11.9 Å². The van der Waals surface area contributed by atoms with Gasteiger partial charge in [-0.2, -0.15) is 11.8 Å². The van der Waals surface area contributed by atoms with E-state index in [1.165, 1.54) is 0 Å². The predicted molar refractivity (Wildman–Crippen MR) is 54.3 cm³/mol. The lowest BCUT2D eigenvalue weighted by Gasteiger charge is -2.06. The largest absolute Gasteiger partial charge is 0.359 e. The molecule has 0 rings (SSSR count). The topological polar surface area (TPSA) is 55.1 Å². The first-order valence-electron chi connectivity index (χ1n) is 4.24. The number of amides is 1. The van der Waals surface area contributed by atoms with Crippen molar-refractivity contribution < 1.29 is 4.79 Å². The van der Waals surface area contributed by atoms with E-state index in [0.717, 1.165) is 17.9 Å². The third-order valence-electron chi connectivity index (χ3n) is 1.61. The second kappa shape index (κ2) is 7.43. The van der Waals surface area contributed by atoms with Crippen LogP contribution >= 0.6 is 11.8 Å². The predicted octanol–water partition coefficient (Wildman–Crippen LogP) is 0.593. The molecule has 0 aromatic rings. The summed E-state index contributed by atoms with van der Waals surface area (Å²) < 4.78 is 0. The average Bonchev–Trinajstić information content (AvgIpc) is 2.11. The Morgan fingerprint density at radius 1 is 1.67 bits per heavy atom. The van der Waals surface area contributed by atoms with E-state index < -0.39 is 0 Å². The van der Waals surface area contributed by atoms with Crippen molar-refractivity contribution in [1.82, 2.24) is 5.32 Å². The highest BCUT2D eigenvalue weighted by Gasteiger charge is 2.00. The van der Waals surface area contributed by atoms with Gasteiger partial charge in [0.25, 0.3) is 0 Å². The zero-order valence-corrected chi connectivity index (χ0v) is 8.62. The Morgan fingerprint density at radius 2 is 2.33 bits per heavy atom. The van der Waals surface area contributed by atoms with Gasteiger partial charge in [0, 0.05) is 31.0 Å². The van der Waals surface area contributed by atoms with E-state index in [2.05, 4.69) is 12.2 Å². The number of carbonyl (C=O) groups excluding carboxylic acids is 1. The Labute approximate surface area is 78.5 Å². The van der Waals surface area contributed by atoms with Crippen LogP contribution in [0, 0.1) is 0 Å². The first kappa shape index (κ1) is 11.8. The Balaban J connectivity index is 3.15. The molecule has 1 atom stereocenters. The lowest BCUT2D eigenvalue weighted by molar-refractivity contribution is -0.120. The summed E-state index contributed by atoms with van der Waals surface area (Å²) in [5.74, 6) is 1.92. The van der Waals surface area contributed by atoms with Crippen LogP contribution in [0.2, 0.25) is 0 Å². The molecule has 0 bridgehead atoms. The van der Waals surface area contributed by atoms with E-state index in [1.54, 1.807) is 18.8 Å². The molecule has 0 fully saturated rings. The molecular formula is C8H18N2OS. The molecule has 0 radical (unpaired) electrons. The zero-order valence-electron chi connectivity index (χ0n) is 7.80. The van der Waals surface area contributed by atoms with Crippen LogP contribution in [0.4, 0.5) is 0 Å². The molecule has 72 valence electrons. The second-order valence-electron chi connectivity index (χ2n) is 2.67. The van der Waals surface area contributed by atoms with Crippen LogP contribution in [0.25, 0.3) is 0 Å². The number of rotatable bonds is 6. The monoisotopic (exact) mass is 190 g/mol. The summed E-state index contributed by atoms with van der Waals surface area (Å²) in [4.78, 5) is 10.8. The summed E-state index contributed by atoms with van der Waals surface area (Å²) in [5.41, 5.74) is 5.70. The van der Waals surface area contributed by atoms with Crippen LogP contribution in [0.1, 0.15) is 19.8 Å². The average molecular weight is 190 g/mol. The van der Waals surface area contributed by atoms with Crippen LogP contribution in [0.15, 0.2) is 0 Å². The van der Waals surface area contributed by atoms with Crippen LogP contribution in [-0.2, 0) is 4.79 Å². The second-order valence-corrected chi connectivity index (χ2v) is 3.82. The van der Waals surface area contributed by atoms with Gasteiger partial charge in [-0.3, -0.25) is 4.79 Å². The Kier molecular flexibility index (Phi) is 7.29. The summed E-state index contributed by atoms with van der Waals surface area (Å²) in [6, 6.07) is 0.277. The molecule has 12 heavy (non-hydrogen) atoms. The minimum Gasteiger partial charge on any atom is -0.359 e. The molecule has 0 heterocycles. The summed E-state index contributed by atoms with van der Waals surface area (Å²) >= 11 is 1.74. The number of nitrogens with one attached hydrogen (secondary N) is 1. The number of thioether (sulfide) groups is 1. The van der Waals surface area contributed by atoms with Gasteiger partial charge in [-0.25, -0.2) is 0 Å². The highest BCUT2D eigenvalue weighted by molar-refractivity contribution is 7.99. The van der Waals surface area contributed by atoms with Crippen molar-refractivity contribution in [3.05, 3.63) is 0 Å². The van der Waals surface area contributed by atoms with E-state index in [0.29, 0.717) is 6.42 Å². The van der Waals surface area contributed by atoms with Crippen molar-refractivity contribution in [3.63, 3.8) is 0 Å².